The maximum Gasteiger partial charge on any atom is 0.194 e. The van der Waals surface area contributed by atoms with Crippen molar-refractivity contribution in [2.45, 2.75) is 30.6 Å². The molecular weight excluding hydrogens is 260 g/mol. The molecule has 1 aromatic rings. The number of rotatable bonds is 0. The summed E-state index contributed by atoms with van der Waals surface area (Å²) in [6.07, 6.45) is 0.631. The fourth-order valence-corrected chi connectivity index (χ4v) is 3.59. The van der Waals surface area contributed by atoms with E-state index in [1.54, 1.807) is 0 Å². The van der Waals surface area contributed by atoms with Crippen LogP contribution in [-0.4, -0.2) is 5.12 Å². The molecule has 0 bridgehead atoms. The average Bonchev–Trinajstić information content (AvgIpc) is 2.00. The van der Waals surface area contributed by atoms with E-state index in [1.807, 2.05) is 12.1 Å². The third kappa shape index (κ3) is 1.75. The van der Waals surface area contributed by atoms with E-state index >= 15 is 0 Å². The molecular formula is C11H11BrOS. The van der Waals surface area contributed by atoms with Gasteiger partial charge in [0.25, 0.3) is 0 Å². The highest BCUT2D eigenvalue weighted by atomic mass is 79.9. The van der Waals surface area contributed by atoms with Crippen molar-refractivity contribution in [3.05, 3.63) is 28.2 Å². The van der Waals surface area contributed by atoms with Crippen LogP contribution in [-0.2, 0) is 10.2 Å². The fraction of sp³-hybridized carbons (Fsp3) is 0.364. The van der Waals surface area contributed by atoms with Gasteiger partial charge in [-0.3, -0.25) is 4.79 Å². The van der Waals surface area contributed by atoms with Gasteiger partial charge in [-0.2, -0.15) is 0 Å². The standard InChI is InChI=1S/C11H11BrOS/c1-11(2)6-10(13)14-9-5-7(12)3-4-8(9)11/h3-5H,6H2,1-2H3. The molecule has 0 unspecified atom stereocenters. The Labute approximate surface area is 96.4 Å². The molecule has 0 N–H and O–H groups in total. The van der Waals surface area contributed by atoms with Crippen LogP contribution in [0.15, 0.2) is 27.6 Å². The first kappa shape index (κ1) is 10.2. The number of benzene rings is 1. The minimum Gasteiger partial charge on any atom is -0.287 e. The highest BCUT2D eigenvalue weighted by Gasteiger charge is 2.32. The van der Waals surface area contributed by atoms with Crippen LogP contribution in [0.2, 0.25) is 0 Å². The van der Waals surface area contributed by atoms with Crippen LogP contribution in [0, 0.1) is 0 Å². The summed E-state index contributed by atoms with van der Waals surface area (Å²) in [5, 5.41) is 0.264. The molecule has 0 saturated carbocycles. The number of halogens is 1. The molecule has 0 saturated heterocycles. The van der Waals surface area contributed by atoms with Crippen molar-refractivity contribution in [1.29, 1.82) is 0 Å². The maximum absolute atomic E-state index is 11.5. The largest absolute Gasteiger partial charge is 0.287 e. The Morgan fingerprint density at radius 1 is 1.43 bits per heavy atom. The van der Waals surface area contributed by atoms with Crippen LogP contribution < -0.4 is 0 Å². The van der Waals surface area contributed by atoms with Crippen molar-refractivity contribution in [1.82, 2.24) is 0 Å². The first-order chi connectivity index (χ1) is 6.49. The van der Waals surface area contributed by atoms with Gasteiger partial charge >= 0.3 is 0 Å². The summed E-state index contributed by atoms with van der Waals surface area (Å²) in [4.78, 5) is 12.6. The summed E-state index contributed by atoms with van der Waals surface area (Å²) >= 11 is 4.78. The lowest BCUT2D eigenvalue weighted by molar-refractivity contribution is -0.112. The molecule has 0 amide bonds. The number of hydrogen-bond acceptors (Lipinski definition) is 2. The third-order valence-corrected chi connectivity index (χ3v) is 3.91. The Balaban J connectivity index is 2.57. The van der Waals surface area contributed by atoms with Crippen molar-refractivity contribution in [2.24, 2.45) is 0 Å². The predicted molar refractivity (Wildman–Crippen MR) is 62.6 cm³/mol. The van der Waals surface area contributed by atoms with E-state index in [-0.39, 0.29) is 10.5 Å². The second-order valence-corrected chi connectivity index (χ2v) is 6.19. The van der Waals surface area contributed by atoms with E-state index in [1.165, 1.54) is 17.3 Å². The van der Waals surface area contributed by atoms with Crippen LogP contribution in [0.5, 0.6) is 0 Å². The Morgan fingerprint density at radius 3 is 2.86 bits per heavy atom. The highest BCUT2D eigenvalue weighted by molar-refractivity contribution is 9.10. The number of thioether (sulfide) groups is 1. The van der Waals surface area contributed by atoms with Gasteiger partial charge in [-0.1, -0.05) is 47.6 Å². The van der Waals surface area contributed by atoms with Gasteiger partial charge in [0.2, 0.25) is 0 Å². The van der Waals surface area contributed by atoms with Crippen LogP contribution in [0.3, 0.4) is 0 Å². The van der Waals surface area contributed by atoms with Crippen LogP contribution >= 0.6 is 27.7 Å². The normalized spacial score (nSPS) is 19.2. The summed E-state index contributed by atoms with van der Waals surface area (Å²) in [5.74, 6) is 0. The molecule has 0 radical (unpaired) electrons. The van der Waals surface area contributed by atoms with Crippen LogP contribution in [0.1, 0.15) is 25.8 Å². The summed E-state index contributed by atoms with van der Waals surface area (Å²) in [6, 6.07) is 6.18. The molecule has 1 aliphatic rings. The van der Waals surface area contributed by atoms with Gasteiger partial charge < -0.3 is 0 Å². The van der Waals surface area contributed by atoms with Crippen molar-refractivity contribution in [3.63, 3.8) is 0 Å². The summed E-state index contributed by atoms with van der Waals surface area (Å²) in [5.41, 5.74) is 1.27. The van der Waals surface area contributed by atoms with E-state index in [9.17, 15) is 4.79 Å². The quantitative estimate of drug-likeness (QED) is 0.714. The lowest BCUT2D eigenvalue weighted by Gasteiger charge is -2.30. The smallest absolute Gasteiger partial charge is 0.194 e. The van der Waals surface area contributed by atoms with Gasteiger partial charge in [0.05, 0.1) is 0 Å². The van der Waals surface area contributed by atoms with Gasteiger partial charge in [-0.05, 0) is 23.1 Å². The van der Waals surface area contributed by atoms with E-state index in [0.29, 0.717) is 6.42 Å². The van der Waals surface area contributed by atoms with Gasteiger partial charge in [0.15, 0.2) is 5.12 Å². The molecule has 3 heteroatoms. The maximum atomic E-state index is 11.5. The lowest BCUT2D eigenvalue weighted by atomic mass is 9.81. The Kier molecular flexibility index (Phi) is 2.48. The van der Waals surface area contributed by atoms with E-state index in [0.717, 1.165) is 9.37 Å². The number of fused-ring (bicyclic) bond motifs is 1. The molecule has 1 aromatic carbocycles. The molecule has 2 rings (SSSR count). The van der Waals surface area contributed by atoms with E-state index in [2.05, 4.69) is 35.8 Å². The van der Waals surface area contributed by atoms with Crippen molar-refractivity contribution < 1.29 is 4.79 Å². The van der Waals surface area contributed by atoms with Gasteiger partial charge in [-0.15, -0.1) is 0 Å². The van der Waals surface area contributed by atoms with Crippen molar-refractivity contribution in [3.8, 4) is 0 Å². The first-order valence-corrected chi connectivity index (χ1v) is 6.11. The van der Waals surface area contributed by atoms with Crippen LogP contribution in [0.25, 0.3) is 0 Å². The third-order valence-electron chi connectivity index (χ3n) is 2.48. The first-order valence-electron chi connectivity index (χ1n) is 4.50. The number of carbonyl (C=O) groups excluding carboxylic acids is 1. The predicted octanol–water partition coefficient (Wildman–Crippen LogP) is 3.75. The summed E-state index contributed by atoms with van der Waals surface area (Å²) in [6.45, 7) is 4.24. The van der Waals surface area contributed by atoms with Gasteiger partial charge in [0, 0.05) is 15.8 Å². The molecule has 1 aliphatic heterocycles. The highest BCUT2D eigenvalue weighted by Crippen LogP contribution is 2.43. The molecule has 0 atom stereocenters. The second-order valence-electron chi connectivity index (χ2n) is 4.18. The van der Waals surface area contributed by atoms with Gasteiger partial charge in [0.1, 0.15) is 0 Å². The molecule has 0 fully saturated rings. The van der Waals surface area contributed by atoms with Crippen LogP contribution in [0.4, 0.5) is 0 Å². The molecule has 0 aliphatic carbocycles. The van der Waals surface area contributed by atoms with Crippen molar-refractivity contribution in [2.75, 3.05) is 0 Å². The Bertz CT molecular complexity index is 398. The fourth-order valence-electron chi connectivity index (χ4n) is 1.75. The lowest BCUT2D eigenvalue weighted by Crippen LogP contribution is -2.25. The van der Waals surface area contributed by atoms with E-state index in [4.69, 9.17) is 0 Å². The zero-order valence-electron chi connectivity index (χ0n) is 8.13. The number of hydrogen-bond donors (Lipinski definition) is 0. The minimum atomic E-state index is -0.0155. The molecule has 14 heavy (non-hydrogen) atoms. The number of carbonyl (C=O) groups is 1. The average molecular weight is 271 g/mol. The molecule has 1 heterocycles. The Hall–Kier alpha value is -0.280. The van der Waals surface area contributed by atoms with Gasteiger partial charge in [-0.25, -0.2) is 0 Å². The minimum absolute atomic E-state index is 0.0155. The topological polar surface area (TPSA) is 17.1 Å². The SMILES string of the molecule is CC1(C)CC(=O)Sc2cc(Br)ccc21. The molecule has 0 spiro atoms. The molecule has 74 valence electrons. The zero-order chi connectivity index (χ0) is 10.3. The summed E-state index contributed by atoms with van der Waals surface area (Å²) < 4.78 is 1.04. The molecule has 1 nitrogen and oxygen atoms in total. The summed E-state index contributed by atoms with van der Waals surface area (Å²) in [7, 11) is 0. The molecule has 0 aromatic heterocycles. The monoisotopic (exact) mass is 270 g/mol. The zero-order valence-corrected chi connectivity index (χ0v) is 10.5. The Morgan fingerprint density at radius 2 is 2.14 bits per heavy atom. The second kappa shape index (κ2) is 3.38. The van der Waals surface area contributed by atoms with E-state index < -0.39 is 0 Å². The van der Waals surface area contributed by atoms with Crippen molar-refractivity contribution >= 4 is 32.8 Å².